The van der Waals surface area contributed by atoms with Crippen LogP contribution in [-0.4, -0.2) is 31.8 Å². The number of aromatic nitrogens is 1. The molecule has 0 radical (unpaired) electrons. The van der Waals surface area contributed by atoms with E-state index < -0.39 is 0 Å². The Kier molecular flexibility index (Phi) is 8.14. The zero-order chi connectivity index (χ0) is 15.6. The van der Waals surface area contributed by atoms with Crippen LogP contribution in [0.3, 0.4) is 0 Å². The number of pyridine rings is 1. The number of hydrogen-bond donors (Lipinski definition) is 0. The zero-order valence-electron chi connectivity index (χ0n) is 13.8. The van der Waals surface area contributed by atoms with Crippen molar-refractivity contribution >= 4 is 41.6 Å². The predicted octanol–water partition coefficient (Wildman–Crippen LogP) is 3.89. The maximum Gasteiger partial charge on any atom is 0.340 e. The second kappa shape index (κ2) is 8.79. The fourth-order valence-corrected chi connectivity index (χ4v) is 2.41. The Morgan fingerprint density at radius 3 is 2.00 bits per heavy atom. The van der Waals surface area contributed by atoms with E-state index in [4.69, 9.17) is 14.2 Å². The summed E-state index contributed by atoms with van der Waals surface area (Å²) >= 11 is 0. The lowest BCUT2D eigenvalue weighted by Crippen LogP contribution is -2.10. The first-order valence-corrected chi connectivity index (χ1v) is 6.73. The van der Waals surface area contributed by atoms with Crippen LogP contribution in [0.15, 0.2) is 12.1 Å². The molecule has 0 aliphatic heterocycles. The lowest BCUT2D eigenvalue weighted by Gasteiger charge is -2.14. The third-order valence-corrected chi connectivity index (χ3v) is 3.36. The van der Waals surface area contributed by atoms with E-state index in [1.165, 1.54) is 0 Å². The van der Waals surface area contributed by atoms with Crippen LogP contribution in [0.1, 0.15) is 28.7 Å². The second-order valence-electron chi connectivity index (χ2n) is 4.63. The number of carbonyl (C=O) groups is 1. The maximum absolute atomic E-state index is 12.2. The Morgan fingerprint density at radius 2 is 1.52 bits per heavy atom. The van der Waals surface area contributed by atoms with Gasteiger partial charge in [-0.3, -0.25) is 4.98 Å². The highest BCUT2D eigenvalue weighted by atomic mass is 35.5. The van der Waals surface area contributed by atoms with Gasteiger partial charge in [0, 0.05) is 16.5 Å². The number of methoxy groups -OCH3 is 2. The van der Waals surface area contributed by atoms with Crippen molar-refractivity contribution in [2.45, 2.75) is 20.8 Å². The molecule has 5 nitrogen and oxygen atoms in total. The first-order valence-electron chi connectivity index (χ1n) is 6.73. The lowest BCUT2D eigenvalue weighted by atomic mass is 10.0. The molecular weight excluding hydrogens is 341 g/mol. The number of hydrogen-bond acceptors (Lipinski definition) is 5. The summed E-state index contributed by atoms with van der Waals surface area (Å²) in [6.45, 7) is 5.80. The molecule has 0 atom stereocenters. The Balaban J connectivity index is 0.00000242. The third kappa shape index (κ3) is 3.98. The van der Waals surface area contributed by atoms with Crippen LogP contribution in [0, 0.1) is 13.8 Å². The monoisotopic (exact) mass is 361 g/mol. The third-order valence-electron chi connectivity index (χ3n) is 3.36. The van der Waals surface area contributed by atoms with Gasteiger partial charge in [-0.25, -0.2) is 4.79 Å². The van der Waals surface area contributed by atoms with E-state index >= 15 is 0 Å². The van der Waals surface area contributed by atoms with E-state index in [2.05, 4.69) is 4.98 Å². The Bertz CT molecular complexity index is 704. The quantitative estimate of drug-likeness (QED) is 0.773. The molecule has 0 N–H and O–H groups in total. The van der Waals surface area contributed by atoms with Gasteiger partial charge >= 0.3 is 5.97 Å². The molecular formula is C16H21Cl2NO4. The van der Waals surface area contributed by atoms with E-state index in [0.717, 1.165) is 16.5 Å². The molecule has 1 aromatic carbocycles. The fourth-order valence-electron chi connectivity index (χ4n) is 2.41. The van der Waals surface area contributed by atoms with Crippen molar-refractivity contribution in [1.82, 2.24) is 4.98 Å². The second-order valence-corrected chi connectivity index (χ2v) is 4.63. The van der Waals surface area contributed by atoms with Crippen molar-refractivity contribution in [2.75, 3.05) is 20.8 Å². The van der Waals surface area contributed by atoms with Gasteiger partial charge in [-0.1, -0.05) is 0 Å². The van der Waals surface area contributed by atoms with E-state index in [1.807, 2.05) is 13.0 Å². The van der Waals surface area contributed by atoms with Crippen molar-refractivity contribution in [2.24, 2.45) is 0 Å². The molecule has 23 heavy (non-hydrogen) atoms. The fraction of sp³-hybridized carbons (Fsp3) is 0.375. The first kappa shape index (κ1) is 21.3. The van der Waals surface area contributed by atoms with Gasteiger partial charge < -0.3 is 14.2 Å². The summed E-state index contributed by atoms with van der Waals surface area (Å²) in [7, 11) is 3.14. The van der Waals surface area contributed by atoms with Gasteiger partial charge in [0.25, 0.3) is 0 Å². The maximum atomic E-state index is 12.2. The number of benzene rings is 1. The summed E-state index contributed by atoms with van der Waals surface area (Å²) in [6.07, 6.45) is 0. The van der Waals surface area contributed by atoms with Crippen LogP contribution in [0.5, 0.6) is 11.5 Å². The standard InChI is InChI=1S/C16H19NO4.2ClH/c1-6-21-16(18)15-10(3)17-9(2)11-7-13(19-4)14(20-5)8-12(11)15;;/h7-8H,6H2,1-5H3;2*1H. The Morgan fingerprint density at radius 1 is 1.00 bits per heavy atom. The molecule has 1 aromatic heterocycles. The van der Waals surface area contributed by atoms with E-state index in [0.29, 0.717) is 29.4 Å². The smallest absolute Gasteiger partial charge is 0.340 e. The highest BCUT2D eigenvalue weighted by molar-refractivity contribution is 6.06. The molecule has 1 heterocycles. The molecule has 0 bridgehead atoms. The van der Waals surface area contributed by atoms with Crippen LogP contribution in [0.4, 0.5) is 0 Å². The van der Waals surface area contributed by atoms with Gasteiger partial charge in [-0.05, 0) is 32.9 Å². The normalized spacial score (nSPS) is 9.61. The van der Waals surface area contributed by atoms with Gasteiger partial charge in [0.15, 0.2) is 11.5 Å². The van der Waals surface area contributed by atoms with Crippen molar-refractivity contribution in [3.05, 3.63) is 29.1 Å². The molecule has 128 valence electrons. The van der Waals surface area contributed by atoms with Crippen LogP contribution < -0.4 is 9.47 Å². The molecule has 0 amide bonds. The van der Waals surface area contributed by atoms with Crippen molar-refractivity contribution < 1.29 is 19.0 Å². The number of aryl methyl sites for hydroxylation is 2. The van der Waals surface area contributed by atoms with Gasteiger partial charge in [0.1, 0.15) is 0 Å². The van der Waals surface area contributed by atoms with Crippen molar-refractivity contribution in [1.29, 1.82) is 0 Å². The minimum Gasteiger partial charge on any atom is -0.493 e. The molecule has 0 unspecified atom stereocenters. The molecule has 7 heteroatoms. The van der Waals surface area contributed by atoms with Crippen molar-refractivity contribution in [3.63, 3.8) is 0 Å². The summed E-state index contributed by atoms with van der Waals surface area (Å²) < 4.78 is 15.8. The first-order chi connectivity index (χ1) is 10.0. The molecule has 0 spiro atoms. The highest BCUT2D eigenvalue weighted by Crippen LogP contribution is 2.35. The topological polar surface area (TPSA) is 57.7 Å². The van der Waals surface area contributed by atoms with E-state index in [9.17, 15) is 4.79 Å². The van der Waals surface area contributed by atoms with Crippen LogP contribution >= 0.6 is 24.8 Å². The number of ether oxygens (including phenoxy) is 3. The Hall–Kier alpha value is -1.72. The zero-order valence-corrected chi connectivity index (χ0v) is 15.4. The SMILES string of the molecule is CCOC(=O)c1c(C)nc(C)c2cc(OC)c(OC)cc12.Cl.Cl. The number of esters is 1. The average molecular weight is 362 g/mol. The van der Waals surface area contributed by atoms with Gasteiger partial charge in [0.2, 0.25) is 0 Å². The van der Waals surface area contributed by atoms with Gasteiger partial charge in [0.05, 0.1) is 32.1 Å². The van der Waals surface area contributed by atoms with E-state index in [1.54, 1.807) is 34.1 Å². The summed E-state index contributed by atoms with van der Waals surface area (Å²) in [5.74, 6) is 0.800. The number of halogens is 2. The van der Waals surface area contributed by atoms with Gasteiger partial charge in [-0.2, -0.15) is 0 Å². The lowest BCUT2D eigenvalue weighted by molar-refractivity contribution is 0.0527. The predicted molar refractivity (Wildman–Crippen MR) is 94.8 cm³/mol. The minimum atomic E-state index is -0.375. The molecule has 0 saturated heterocycles. The van der Waals surface area contributed by atoms with Crippen LogP contribution in [-0.2, 0) is 4.74 Å². The van der Waals surface area contributed by atoms with Crippen LogP contribution in [0.2, 0.25) is 0 Å². The molecule has 2 rings (SSSR count). The van der Waals surface area contributed by atoms with Crippen molar-refractivity contribution in [3.8, 4) is 11.5 Å². The largest absolute Gasteiger partial charge is 0.493 e. The number of nitrogens with zero attached hydrogens (tertiary/aromatic N) is 1. The number of fused-ring (bicyclic) bond motifs is 1. The molecule has 2 aromatic rings. The summed E-state index contributed by atoms with van der Waals surface area (Å²) in [4.78, 5) is 16.6. The number of rotatable bonds is 4. The average Bonchev–Trinajstić information content (AvgIpc) is 2.46. The summed E-state index contributed by atoms with van der Waals surface area (Å²) in [5.41, 5.74) is 1.94. The summed E-state index contributed by atoms with van der Waals surface area (Å²) in [6, 6.07) is 3.63. The summed E-state index contributed by atoms with van der Waals surface area (Å²) in [5, 5.41) is 1.61. The molecule has 0 fully saturated rings. The number of carbonyl (C=O) groups excluding carboxylic acids is 1. The van der Waals surface area contributed by atoms with E-state index in [-0.39, 0.29) is 30.8 Å². The molecule has 0 aliphatic carbocycles. The van der Waals surface area contributed by atoms with Crippen LogP contribution in [0.25, 0.3) is 10.8 Å². The molecule has 0 saturated carbocycles. The minimum absolute atomic E-state index is 0. The molecule has 0 aliphatic rings. The Labute approximate surface area is 148 Å². The van der Waals surface area contributed by atoms with Gasteiger partial charge in [-0.15, -0.1) is 24.8 Å². The highest BCUT2D eigenvalue weighted by Gasteiger charge is 2.19.